The maximum Gasteiger partial charge on any atom is 0.306 e. The van der Waals surface area contributed by atoms with E-state index >= 15 is 0 Å². The average Bonchev–Trinajstić information content (AvgIpc) is 3.31. The molecule has 5 rings (SSSR count). The lowest BCUT2D eigenvalue weighted by Gasteiger charge is -2.23. The summed E-state index contributed by atoms with van der Waals surface area (Å²) in [6.07, 6.45) is 7.82. The van der Waals surface area contributed by atoms with E-state index in [-0.39, 0.29) is 12.4 Å². The number of rotatable bonds is 13. The molecule has 0 radical (unpaired) electrons. The summed E-state index contributed by atoms with van der Waals surface area (Å²) in [7, 11) is 2.04. The predicted octanol–water partition coefficient (Wildman–Crippen LogP) is 7.63. The summed E-state index contributed by atoms with van der Waals surface area (Å²) in [5.74, 6) is 3.01. The van der Waals surface area contributed by atoms with Crippen molar-refractivity contribution >= 4 is 28.6 Å². The maximum absolute atomic E-state index is 12.0. The van der Waals surface area contributed by atoms with E-state index in [1.54, 1.807) is 0 Å². The van der Waals surface area contributed by atoms with Gasteiger partial charge in [-0.3, -0.25) is 4.79 Å². The largest absolute Gasteiger partial charge is 0.493 e. The first kappa shape index (κ1) is 29.8. The molecule has 0 spiro atoms. The fraction of sp³-hybridized carbons (Fsp3) is 0.412. The van der Waals surface area contributed by atoms with Crippen molar-refractivity contribution in [3.8, 4) is 17.2 Å². The van der Waals surface area contributed by atoms with Crippen molar-refractivity contribution in [1.29, 1.82) is 0 Å². The number of ether oxygens (including phenoxy) is 4. The van der Waals surface area contributed by atoms with Crippen molar-refractivity contribution in [3.63, 3.8) is 0 Å². The number of imidazole rings is 1. The number of nitrogens with zero attached hydrogens (tertiary/aromatic N) is 2. The summed E-state index contributed by atoms with van der Waals surface area (Å²) in [6.45, 7) is 3.01. The molecule has 1 saturated carbocycles. The van der Waals surface area contributed by atoms with E-state index in [9.17, 15) is 4.79 Å². The highest BCUT2D eigenvalue weighted by molar-refractivity contribution is 6.30. The van der Waals surface area contributed by atoms with Gasteiger partial charge in [0, 0.05) is 37.0 Å². The number of carbonyl (C=O) groups excluding carboxylic acids is 1. The molecule has 0 N–H and O–H groups in total. The van der Waals surface area contributed by atoms with Crippen LogP contribution in [0.4, 0.5) is 0 Å². The quantitative estimate of drug-likeness (QED) is 0.149. The second-order valence-corrected chi connectivity index (χ2v) is 11.1. The van der Waals surface area contributed by atoms with Gasteiger partial charge < -0.3 is 23.5 Å². The number of hydrogen-bond donors (Lipinski definition) is 0. The number of aromatic nitrogens is 2. The van der Waals surface area contributed by atoms with Crippen molar-refractivity contribution in [2.75, 3.05) is 13.2 Å². The normalized spacial score (nSPS) is 13.7. The molecule has 42 heavy (non-hydrogen) atoms. The molecule has 0 unspecified atom stereocenters. The molecule has 0 amide bonds. The fourth-order valence-corrected chi connectivity index (χ4v) is 5.46. The third-order valence-electron chi connectivity index (χ3n) is 7.64. The summed E-state index contributed by atoms with van der Waals surface area (Å²) >= 11 is 6.03. The van der Waals surface area contributed by atoms with Crippen LogP contribution in [0.5, 0.6) is 17.2 Å². The van der Waals surface area contributed by atoms with Gasteiger partial charge in [0.15, 0.2) is 0 Å². The van der Waals surface area contributed by atoms with Crippen LogP contribution in [0.25, 0.3) is 11.0 Å². The average molecular weight is 591 g/mol. The Bertz CT molecular complexity index is 1480. The molecule has 7 nitrogen and oxygen atoms in total. The van der Waals surface area contributed by atoms with Gasteiger partial charge in [-0.1, -0.05) is 36.2 Å². The molecule has 1 heterocycles. The van der Waals surface area contributed by atoms with Gasteiger partial charge in [-0.05, 0) is 80.5 Å². The molecule has 8 heteroatoms. The van der Waals surface area contributed by atoms with Gasteiger partial charge in [0.05, 0.1) is 30.4 Å². The van der Waals surface area contributed by atoms with Crippen molar-refractivity contribution in [1.82, 2.24) is 9.55 Å². The summed E-state index contributed by atoms with van der Waals surface area (Å²) in [6, 6.07) is 19.5. The lowest BCUT2D eigenvalue weighted by molar-refractivity contribution is -0.143. The van der Waals surface area contributed by atoms with Gasteiger partial charge in [-0.2, -0.15) is 0 Å². The number of fused-ring (bicyclic) bond motifs is 1. The Balaban J connectivity index is 1.23. The van der Waals surface area contributed by atoms with Crippen LogP contribution >= 0.6 is 11.6 Å². The van der Waals surface area contributed by atoms with Crippen molar-refractivity contribution in [2.24, 2.45) is 7.05 Å². The standard InChI is InChI=1S/C34H39ClN2O5/c1-3-39-34(38)18-12-25-11-15-28(22-32(25)41-23-24-9-13-26(35)14-10-24)40-20-19-33-36-30-17-16-29(21-31(30)37(33)2)42-27-7-5-4-6-8-27/h9-11,13-17,21-22,27H,3-8,12,18-20,23H2,1-2H3. The van der Waals surface area contributed by atoms with Crippen molar-refractivity contribution in [3.05, 3.63) is 82.6 Å². The topological polar surface area (TPSA) is 71.8 Å². The third-order valence-corrected chi connectivity index (χ3v) is 7.90. The Labute approximate surface area is 252 Å². The SMILES string of the molecule is CCOC(=O)CCc1ccc(OCCc2nc3ccc(OC4CCCCC4)cc3n2C)cc1OCc1ccc(Cl)cc1. The molecule has 0 aliphatic heterocycles. The molecule has 3 aromatic carbocycles. The Morgan fingerprint density at radius 3 is 2.52 bits per heavy atom. The third kappa shape index (κ3) is 7.97. The Morgan fingerprint density at radius 1 is 0.952 bits per heavy atom. The minimum Gasteiger partial charge on any atom is -0.493 e. The zero-order valence-electron chi connectivity index (χ0n) is 24.4. The molecule has 0 saturated heterocycles. The molecule has 0 atom stereocenters. The van der Waals surface area contributed by atoms with Gasteiger partial charge in [0.1, 0.15) is 29.7 Å². The lowest BCUT2D eigenvalue weighted by Crippen LogP contribution is -2.19. The van der Waals surface area contributed by atoms with E-state index in [0.717, 1.165) is 46.6 Å². The van der Waals surface area contributed by atoms with Gasteiger partial charge >= 0.3 is 5.97 Å². The van der Waals surface area contributed by atoms with Crippen LogP contribution in [0.2, 0.25) is 5.02 Å². The molecular weight excluding hydrogens is 552 g/mol. The number of halogens is 1. The molecule has 1 aliphatic rings. The molecule has 0 bridgehead atoms. The van der Waals surface area contributed by atoms with Crippen molar-refractivity contribution in [2.45, 2.75) is 71.0 Å². The summed E-state index contributed by atoms with van der Waals surface area (Å²) < 4.78 is 25.8. The van der Waals surface area contributed by atoms with Gasteiger partial charge in [-0.25, -0.2) is 4.98 Å². The monoisotopic (exact) mass is 590 g/mol. The van der Waals surface area contributed by atoms with E-state index in [2.05, 4.69) is 10.6 Å². The summed E-state index contributed by atoms with van der Waals surface area (Å²) in [5, 5.41) is 0.679. The first-order valence-corrected chi connectivity index (χ1v) is 15.3. The van der Waals surface area contributed by atoms with Gasteiger partial charge in [0.25, 0.3) is 0 Å². The number of hydrogen-bond acceptors (Lipinski definition) is 6. The molecule has 1 aliphatic carbocycles. The van der Waals surface area contributed by atoms with Crippen LogP contribution in [-0.4, -0.2) is 34.8 Å². The minimum atomic E-state index is -0.225. The van der Waals surface area contributed by atoms with Crippen LogP contribution in [0, 0.1) is 0 Å². The van der Waals surface area contributed by atoms with E-state index < -0.39 is 0 Å². The zero-order chi connectivity index (χ0) is 29.3. The predicted molar refractivity (Wildman–Crippen MR) is 165 cm³/mol. The summed E-state index contributed by atoms with van der Waals surface area (Å²) in [5.41, 5.74) is 3.93. The Kier molecular flexibility index (Phi) is 10.2. The van der Waals surface area contributed by atoms with Crippen LogP contribution < -0.4 is 14.2 Å². The zero-order valence-corrected chi connectivity index (χ0v) is 25.2. The highest BCUT2D eigenvalue weighted by atomic mass is 35.5. The smallest absolute Gasteiger partial charge is 0.306 e. The van der Waals surface area contributed by atoms with Crippen LogP contribution in [0.1, 0.15) is 62.4 Å². The fourth-order valence-electron chi connectivity index (χ4n) is 5.33. The van der Waals surface area contributed by atoms with Gasteiger partial charge in [0.2, 0.25) is 0 Å². The number of aryl methyl sites for hydroxylation is 2. The van der Waals surface area contributed by atoms with Crippen LogP contribution in [-0.2, 0) is 36.0 Å². The molecule has 1 aromatic heterocycles. The van der Waals surface area contributed by atoms with E-state index in [1.807, 2.05) is 68.6 Å². The first-order chi connectivity index (χ1) is 20.5. The number of benzene rings is 3. The molecule has 222 valence electrons. The van der Waals surface area contributed by atoms with Gasteiger partial charge in [-0.15, -0.1) is 0 Å². The maximum atomic E-state index is 12.0. The Morgan fingerprint density at radius 2 is 1.74 bits per heavy atom. The highest BCUT2D eigenvalue weighted by Crippen LogP contribution is 2.29. The van der Waals surface area contributed by atoms with E-state index in [4.69, 9.17) is 35.5 Å². The van der Waals surface area contributed by atoms with E-state index in [0.29, 0.717) is 55.3 Å². The molecule has 1 fully saturated rings. The summed E-state index contributed by atoms with van der Waals surface area (Å²) in [4.78, 5) is 16.8. The first-order valence-electron chi connectivity index (χ1n) is 14.9. The van der Waals surface area contributed by atoms with Crippen LogP contribution in [0.3, 0.4) is 0 Å². The second-order valence-electron chi connectivity index (χ2n) is 10.7. The molecule has 4 aromatic rings. The lowest BCUT2D eigenvalue weighted by atomic mass is 9.98. The number of esters is 1. The van der Waals surface area contributed by atoms with E-state index in [1.165, 1.54) is 19.3 Å². The highest BCUT2D eigenvalue weighted by Gasteiger charge is 2.16. The number of carbonyl (C=O) groups is 1. The second kappa shape index (κ2) is 14.5. The minimum absolute atomic E-state index is 0.225. The Hall–Kier alpha value is -3.71. The van der Waals surface area contributed by atoms with Crippen molar-refractivity contribution < 1.29 is 23.7 Å². The van der Waals surface area contributed by atoms with Crippen LogP contribution in [0.15, 0.2) is 60.7 Å². The molecular formula is C34H39ClN2O5.